The first kappa shape index (κ1) is 10.1. The van der Waals surface area contributed by atoms with E-state index in [0.29, 0.717) is 5.92 Å². The molecule has 0 aromatic heterocycles. The molecule has 0 aliphatic rings. The van der Waals surface area contributed by atoms with E-state index < -0.39 is 0 Å². The normalized spacial score (nSPS) is 12.5. The maximum atomic E-state index is 3.29. The van der Waals surface area contributed by atoms with Crippen molar-refractivity contribution in [2.75, 3.05) is 11.9 Å². The van der Waals surface area contributed by atoms with Gasteiger partial charge >= 0.3 is 0 Å². The van der Waals surface area contributed by atoms with Crippen LogP contribution >= 0.6 is 0 Å². The van der Waals surface area contributed by atoms with Crippen molar-refractivity contribution < 1.29 is 0 Å². The zero-order valence-electron chi connectivity index (χ0n) is 8.80. The number of hydrogen-bond donors (Lipinski definition) is 1. The molecule has 13 heavy (non-hydrogen) atoms. The average molecular weight is 177 g/mol. The Balaban J connectivity index is 2.69. The van der Waals surface area contributed by atoms with Gasteiger partial charge in [0.25, 0.3) is 0 Å². The summed E-state index contributed by atoms with van der Waals surface area (Å²) < 4.78 is 0. The van der Waals surface area contributed by atoms with Crippen LogP contribution < -0.4 is 5.32 Å². The van der Waals surface area contributed by atoms with Gasteiger partial charge in [0.15, 0.2) is 0 Å². The smallest absolute Gasteiger partial charge is 0.0340 e. The standard InChI is InChI=1S/C12H19N/c1-4-10(3)11-6-8-12(9-7-11)13-5-2/h6-10,13H,4-5H2,1-3H3. The van der Waals surface area contributed by atoms with Crippen molar-refractivity contribution in [1.82, 2.24) is 0 Å². The van der Waals surface area contributed by atoms with E-state index in [9.17, 15) is 0 Å². The van der Waals surface area contributed by atoms with Crippen LogP contribution in [0.2, 0.25) is 0 Å². The third kappa shape index (κ3) is 2.76. The Morgan fingerprint density at radius 1 is 1.15 bits per heavy atom. The molecule has 0 saturated carbocycles. The number of rotatable bonds is 4. The fourth-order valence-corrected chi connectivity index (χ4v) is 1.37. The predicted octanol–water partition coefficient (Wildman–Crippen LogP) is 3.63. The molecule has 1 N–H and O–H groups in total. The van der Waals surface area contributed by atoms with Gasteiger partial charge in [0.1, 0.15) is 0 Å². The lowest BCUT2D eigenvalue weighted by molar-refractivity contribution is 0.734. The second-order valence-electron chi connectivity index (χ2n) is 3.46. The van der Waals surface area contributed by atoms with Crippen LogP contribution in [0.15, 0.2) is 24.3 Å². The van der Waals surface area contributed by atoms with Crippen molar-refractivity contribution >= 4 is 5.69 Å². The predicted molar refractivity (Wildman–Crippen MR) is 59.3 cm³/mol. The van der Waals surface area contributed by atoms with Gasteiger partial charge < -0.3 is 5.32 Å². The Hall–Kier alpha value is -0.980. The molecule has 1 heteroatoms. The summed E-state index contributed by atoms with van der Waals surface area (Å²) in [5, 5.41) is 3.29. The van der Waals surface area contributed by atoms with E-state index in [0.717, 1.165) is 6.54 Å². The van der Waals surface area contributed by atoms with Crippen LogP contribution in [0.1, 0.15) is 38.7 Å². The van der Waals surface area contributed by atoms with Gasteiger partial charge in [-0.3, -0.25) is 0 Å². The number of benzene rings is 1. The molecule has 0 saturated heterocycles. The summed E-state index contributed by atoms with van der Waals surface area (Å²) in [4.78, 5) is 0. The molecule has 0 aliphatic heterocycles. The molecule has 0 aliphatic carbocycles. The third-order valence-corrected chi connectivity index (χ3v) is 2.47. The fourth-order valence-electron chi connectivity index (χ4n) is 1.37. The van der Waals surface area contributed by atoms with Gasteiger partial charge in [-0.2, -0.15) is 0 Å². The fraction of sp³-hybridized carbons (Fsp3) is 0.500. The van der Waals surface area contributed by atoms with Crippen LogP contribution in [-0.2, 0) is 0 Å². The molecule has 1 aromatic rings. The van der Waals surface area contributed by atoms with Crippen LogP contribution in [0, 0.1) is 0 Å². The largest absolute Gasteiger partial charge is 0.385 e. The van der Waals surface area contributed by atoms with E-state index in [2.05, 4.69) is 50.4 Å². The van der Waals surface area contributed by atoms with Crippen LogP contribution in [0.4, 0.5) is 5.69 Å². The summed E-state index contributed by atoms with van der Waals surface area (Å²) in [6.45, 7) is 7.59. The Morgan fingerprint density at radius 3 is 2.23 bits per heavy atom. The molecule has 0 spiro atoms. The summed E-state index contributed by atoms with van der Waals surface area (Å²) >= 11 is 0. The molecule has 0 bridgehead atoms. The van der Waals surface area contributed by atoms with Crippen molar-refractivity contribution in [3.8, 4) is 0 Å². The monoisotopic (exact) mass is 177 g/mol. The molecule has 1 aromatic carbocycles. The van der Waals surface area contributed by atoms with E-state index in [1.54, 1.807) is 0 Å². The molecule has 1 nitrogen and oxygen atoms in total. The second kappa shape index (κ2) is 4.90. The van der Waals surface area contributed by atoms with Gasteiger partial charge in [-0.05, 0) is 37.0 Å². The Kier molecular flexibility index (Phi) is 3.81. The highest BCUT2D eigenvalue weighted by molar-refractivity contribution is 5.44. The molecule has 72 valence electrons. The van der Waals surface area contributed by atoms with Crippen molar-refractivity contribution in [3.63, 3.8) is 0 Å². The highest BCUT2D eigenvalue weighted by atomic mass is 14.8. The Labute approximate surface area is 81.2 Å². The molecule has 1 unspecified atom stereocenters. The van der Waals surface area contributed by atoms with Gasteiger partial charge in [0.05, 0.1) is 0 Å². The topological polar surface area (TPSA) is 12.0 Å². The number of nitrogens with one attached hydrogen (secondary N) is 1. The molecule has 0 fully saturated rings. The minimum atomic E-state index is 0.677. The second-order valence-corrected chi connectivity index (χ2v) is 3.46. The van der Waals surface area contributed by atoms with E-state index in [-0.39, 0.29) is 0 Å². The van der Waals surface area contributed by atoms with Crippen LogP contribution in [0.5, 0.6) is 0 Å². The van der Waals surface area contributed by atoms with Crippen molar-refractivity contribution in [2.24, 2.45) is 0 Å². The molecule has 0 amide bonds. The summed E-state index contributed by atoms with van der Waals surface area (Å²) in [6, 6.07) is 8.74. The summed E-state index contributed by atoms with van der Waals surface area (Å²) in [6.07, 6.45) is 1.21. The quantitative estimate of drug-likeness (QED) is 0.740. The molecule has 1 atom stereocenters. The first-order valence-corrected chi connectivity index (χ1v) is 5.11. The van der Waals surface area contributed by atoms with Crippen LogP contribution in [0.25, 0.3) is 0 Å². The maximum Gasteiger partial charge on any atom is 0.0340 e. The first-order chi connectivity index (χ1) is 6.27. The Morgan fingerprint density at radius 2 is 1.77 bits per heavy atom. The molecular formula is C12H19N. The van der Waals surface area contributed by atoms with Crippen molar-refractivity contribution in [3.05, 3.63) is 29.8 Å². The lowest BCUT2D eigenvalue weighted by Gasteiger charge is -2.10. The average Bonchev–Trinajstić information content (AvgIpc) is 2.18. The summed E-state index contributed by atoms with van der Waals surface area (Å²) in [5.41, 5.74) is 2.65. The molecule has 0 radical (unpaired) electrons. The lowest BCUT2D eigenvalue weighted by Crippen LogP contribution is -1.97. The summed E-state index contributed by atoms with van der Waals surface area (Å²) in [7, 11) is 0. The van der Waals surface area contributed by atoms with Gasteiger partial charge in [-0.1, -0.05) is 26.0 Å². The highest BCUT2D eigenvalue weighted by Crippen LogP contribution is 2.20. The first-order valence-electron chi connectivity index (χ1n) is 5.11. The SMILES string of the molecule is CCNc1ccc(C(C)CC)cc1. The maximum absolute atomic E-state index is 3.29. The van der Waals surface area contributed by atoms with E-state index in [4.69, 9.17) is 0 Å². The zero-order valence-corrected chi connectivity index (χ0v) is 8.80. The van der Waals surface area contributed by atoms with Gasteiger partial charge in [0.2, 0.25) is 0 Å². The minimum Gasteiger partial charge on any atom is -0.385 e. The van der Waals surface area contributed by atoms with Gasteiger partial charge in [-0.25, -0.2) is 0 Å². The highest BCUT2D eigenvalue weighted by Gasteiger charge is 2.01. The lowest BCUT2D eigenvalue weighted by atomic mass is 9.99. The number of anilines is 1. The third-order valence-electron chi connectivity index (χ3n) is 2.47. The number of hydrogen-bond acceptors (Lipinski definition) is 1. The Bertz CT molecular complexity index is 238. The van der Waals surface area contributed by atoms with E-state index in [1.807, 2.05) is 0 Å². The van der Waals surface area contributed by atoms with Crippen LogP contribution in [-0.4, -0.2) is 6.54 Å². The zero-order chi connectivity index (χ0) is 9.68. The van der Waals surface area contributed by atoms with Gasteiger partial charge in [0, 0.05) is 12.2 Å². The molecule has 1 rings (SSSR count). The van der Waals surface area contributed by atoms with Gasteiger partial charge in [-0.15, -0.1) is 0 Å². The molecule has 0 heterocycles. The van der Waals surface area contributed by atoms with E-state index >= 15 is 0 Å². The summed E-state index contributed by atoms with van der Waals surface area (Å²) in [5.74, 6) is 0.677. The molecular weight excluding hydrogens is 158 g/mol. The van der Waals surface area contributed by atoms with Crippen molar-refractivity contribution in [2.45, 2.75) is 33.1 Å². The van der Waals surface area contributed by atoms with Crippen LogP contribution in [0.3, 0.4) is 0 Å². The van der Waals surface area contributed by atoms with Crippen molar-refractivity contribution in [1.29, 1.82) is 0 Å². The minimum absolute atomic E-state index is 0.677. The van der Waals surface area contributed by atoms with E-state index in [1.165, 1.54) is 17.7 Å².